The minimum atomic E-state index is -3.56. The Balaban J connectivity index is 1.64. The molecule has 0 saturated carbocycles. The lowest BCUT2D eigenvalue weighted by molar-refractivity contribution is -0.115. The maximum absolute atomic E-state index is 12.3. The molecule has 0 aliphatic carbocycles. The summed E-state index contributed by atoms with van der Waals surface area (Å²) in [4.78, 5) is 17.7. The molecule has 5 nitrogen and oxygen atoms in total. The van der Waals surface area contributed by atoms with Gasteiger partial charge in [0.25, 0.3) is 0 Å². The van der Waals surface area contributed by atoms with Gasteiger partial charge < -0.3 is 5.32 Å². The Bertz CT molecular complexity index is 1090. The fraction of sp³-hybridized carbons (Fsp3) is 0.158. The molecular weight excluding hydrogens is 439 g/mol. The second kappa shape index (κ2) is 8.61. The van der Waals surface area contributed by atoms with Gasteiger partial charge in [0.2, 0.25) is 5.91 Å². The molecule has 3 rings (SSSR count). The van der Waals surface area contributed by atoms with Crippen LogP contribution < -0.4 is 5.32 Å². The Kier molecular flexibility index (Phi) is 6.40. The predicted octanol–water partition coefficient (Wildman–Crippen LogP) is 5.23. The molecule has 0 unspecified atom stereocenters. The number of nitrogens with zero attached hydrogens (tertiary/aromatic N) is 1. The lowest BCUT2D eigenvalue weighted by Crippen LogP contribution is -2.17. The highest BCUT2D eigenvalue weighted by Crippen LogP contribution is 2.31. The number of nitrogens with one attached hydrogen (secondary N) is 1. The number of carbonyl (C=O) groups is 1. The lowest BCUT2D eigenvalue weighted by Gasteiger charge is -2.05. The summed E-state index contributed by atoms with van der Waals surface area (Å²) in [5, 5.41) is 4.18. The molecule has 0 atom stereocenters. The van der Waals surface area contributed by atoms with Crippen LogP contribution >= 0.6 is 34.5 Å². The van der Waals surface area contributed by atoms with E-state index < -0.39 is 15.7 Å². The molecule has 3 aromatic rings. The van der Waals surface area contributed by atoms with Crippen molar-refractivity contribution < 1.29 is 13.2 Å². The van der Waals surface area contributed by atoms with E-state index in [1.54, 1.807) is 12.1 Å². The van der Waals surface area contributed by atoms with Gasteiger partial charge in [-0.1, -0.05) is 35.3 Å². The zero-order chi connectivity index (χ0) is 20.3. The molecule has 0 spiro atoms. The molecule has 1 amide bonds. The zero-order valence-corrected chi connectivity index (χ0v) is 17.9. The summed E-state index contributed by atoms with van der Waals surface area (Å²) in [7, 11) is -3.56. The Morgan fingerprint density at radius 1 is 1.04 bits per heavy atom. The van der Waals surface area contributed by atoms with Crippen molar-refractivity contribution >= 4 is 55.4 Å². The van der Waals surface area contributed by atoms with Crippen LogP contribution in [0.5, 0.6) is 0 Å². The van der Waals surface area contributed by atoms with Crippen molar-refractivity contribution in [2.24, 2.45) is 0 Å². The largest absolute Gasteiger partial charge is 0.302 e. The molecule has 0 saturated heterocycles. The summed E-state index contributed by atoms with van der Waals surface area (Å²) in [5.74, 6) is -0.705. The van der Waals surface area contributed by atoms with Crippen molar-refractivity contribution in [3.63, 3.8) is 0 Å². The van der Waals surface area contributed by atoms with Crippen LogP contribution in [0.3, 0.4) is 0 Å². The highest BCUT2D eigenvalue weighted by molar-refractivity contribution is 7.91. The lowest BCUT2D eigenvalue weighted by atomic mass is 10.1. The van der Waals surface area contributed by atoms with E-state index >= 15 is 0 Å². The SMILES string of the molecule is Cc1sc(NC(=O)CCS(=O)(=O)c2ccc(Cl)cc2)nc1-c1ccc(Cl)cc1. The molecule has 1 N–H and O–H groups in total. The molecule has 0 radical (unpaired) electrons. The molecule has 9 heteroatoms. The number of thiazole rings is 1. The molecule has 0 aliphatic rings. The van der Waals surface area contributed by atoms with Crippen LogP contribution in [-0.2, 0) is 14.6 Å². The third kappa shape index (κ3) is 5.11. The molecule has 2 aromatic carbocycles. The summed E-state index contributed by atoms with van der Waals surface area (Å²) in [6.45, 7) is 1.91. The van der Waals surface area contributed by atoms with Crippen molar-refractivity contribution in [1.82, 2.24) is 4.98 Å². The van der Waals surface area contributed by atoms with Gasteiger partial charge in [-0.15, -0.1) is 11.3 Å². The Labute approximate surface area is 177 Å². The number of hydrogen-bond acceptors (Lipinski definition) is 5. The van der Waals surface area contributed by atoms with Crippen molar-refractivity contribution in [1.29, 1.82) is 0 Å². The normalized spacial score (nSPS) is 11.4. The number of amides is 1. The van der Waals surface area contributed by atoms with Crippen molar-refractivity contribution in [2.75, 3.05) is 11.1 Å². The first-order valence-corrected chi connectivity index (χ1v) is 11.5. The summed E-state index contributed by atoms with van der Waals surface area (Å²) in [6, 6.07) is 13.1. The van der Waals surface area contributed by atoms with Crippen LogP contribution in [-0.4, -0.2) is 25.1 Å². The number of benzene rings is 2. The standard InChI is InChI=1S/C19H16Cl2N2O3S2/c1-12-18(13-2-4-14(20)5-3-13)23-19(27-12)22-17(24)10-11-28(25,26)16-8-6-15(21)7-9-16/h2-9H,10-11H2,1H3,(H,22,23,24). The minimum Gasteiger partial charge on any atom is -0.302 e. The summed E-state index contributed by atoms with van der Waals surface area (Å²) >= 11 is 13.0. The van der Waals surface area contributed by atoms with Crippen LogP contribution in [0.25, 0.3) is 11.3 Å². The molecular formula is C19H16Cl2N2O3S2. The van der Waals surface area contributed by atoms with E-state index in [4.69, 9.17) is 23.2 Å². The van der Waals surface area contributed by atoms with Gasteiger partial charge in [0.15, 0.2) is 15.0 Å². The van der Waals surface area contributed by atoms with Gasteiger partial charge in [0.05, 0.1) is 16.3 Å². The average Bonchev–Trinajstić information content (AvgIpc) is 3.01. The summed E-state index contributed by atoms with van der Waals surface area (Å²) in [5.41, 5.74) is 1.65. The summed E-state index contributed by atoms with van der Waals surface area (Å²) < 4.78 is 24.6. The number of anilines is 1. The van der Waals surface area contributed by atoms with Crippen LogP contribution in [0.2, 0.25) is 10.0 Å². The van der Waals surface area contributed by atoms with Gasteiger partial charge in [0, 0.05) is 26.9 Å². The van der Waals surface area contributed by atoms with E-state index in [1.165, 1.54) is 35.6 Å². The van der Waals surface area contributed by atoms with E-state index in [0.717, 1.165) is 16.1 Å². The quantitative estimate of drug-likeness (QED) is 0.553. The molecule has 146 valence electrons. The number of halogens is 2. The van der Waals surface area contributed by atoms with Crippen LogP contribution in [0.1, 0.15) is 11.3 Å². The highest BCUT2D eigenvalue weighted by Gasteiger charge is 2.18. The smallest absolute Gasteiger partial charge is 0.227 e. The van der Waals surface area contributed by atoms with E-state index in [9.17, 15) is 13.2 Å². The predicted molar refractivity (Wildman–Crippen MR) is 114 cm³/mol. The number of rotatable bonds is 6. The van der Waals surface area contributed by atoms with Crippen molar-refractivity contribution in [3.8, 4) is 11.3 Å². The number of sulfone groups is 1. The van der Waals surface area contributed by atoms with E-state index in [1.807, 2.05) is 19.1 Å². The fourth-order valence-electron chi connectivity index (χ4n) is 2.49. The zero-order valence-electron chi connectivity index (χ0n) is 14.8. The number of hydrogen-bond donors (Lipinski definition) is 1. The first kappa shape index (κ1) is 20.8. The topological polar surface area (TPSA) is 76.1 Å². The highest BCUT2D eigenvalue weighted by atomic mass is 35.5. The first-order valence-electron chi connectivity index (χ1n) is 8.26. The monoisotopic (exact) mass is 454 g/mol. The van der Waals surface area contributed by atoms with Crippen molar-refractivity contribution in [3.05, 3.63) is 63.5 Å². The molecule has 0 fully saturated rings. The van der Waals surface area contributed by atoms with Crippen LogP contribution in [0.4, 0.5) is 5.13 Å². The summed E-state index contributed by atoms with van der Waals surface area (Å²) in [6.07, 6.45) is -0.167. The van der Waals surface area contributed by atoms with Gasteiger partial charge in [0.1, 0.15) is 0 Å². The van der Waals surface area contributed by atoms with Gasteiger partial charge in [-0.3, -0.25) is 4.79 Å². The van der Waals surface area contributed by atoms with E-state index in [0.29, 0.717) is 15.2 Å². The van der Waals surface area contributed by atoms with Crippen LogP contribution in [0.15, 0.2) is 53.4 Å². The van der Waals surface area contributed by atoms with E-state index in [2.05, 4.69) is 10.3 Å². The first-order chi connectivity index (χ1) is 13.2. The molecule has 1 heterocycles. The van der Waals surface area contributed by atoms with Gasteiger partial charge in [-0.2, -0.15) is 0 Å². The van der Waals surface area contributed by atoms with Crippen molar-refractivity contribution in [2.45, 2.75) is 18.2 Å². The second-order valence-corrected chi connectivity index (χ2v) is 10.2. The van der Waals surface area contributed by atoms with Gasteiger partial charge in [-0.25, -0.2) is 13.4 Å². The minimum absolute atomic E-state index is 0.139. The number of carbonyl (C=O) groups excluding carboxylic acids is 1. The third-order valence-electron chi connectivity index (χ3n) is 3.93. The Morgan fingerprint density at radius 3 is 2.21 bits per heavy atom. The van der Waals surface area contributed by atoms with Crippen LogP contribution in [0, 0.1) is 6.92 Å². The number of aromatic nitrogens is 1. The molecule has 0 bridgehead atoms. The maximum Gasteiger partial charge on any atom is 0.227 e. The third-order valence-corrected chi connectivity index (χ3v) is 7.05. The fourth-order valence-corrected chi connectivity index (χ4v) is 4.84. The molecule has 28 heavy (non-hydrogen) atoms. The molecule has 0 aliphatic heterocycles. The molecule has 1 aromatic heterocycles. The van der Waals surface area contributed by atoms with Gasteiger partial charge >= 0.3 is 0 Å². The van der Waals surface area contributed by atoms with E-state index in [-0.39, 0.29) is 17.1 Å². The second-order valence-electron chi connectivity index (χ2n) is 6.00. The Hall–Kier alpha value is -1.93. The Morgan fingerprint density at radius 2 is 1.61 bits per heavy atom. The van der Waals surface area contributed by atoms with Gasteiger partial charge in [-0.05, 0) is 43.3 Å². The maximum atomic E-state index is 12.3. The number of aryl methyl sites for hydroxylation is 1. The average molecular weight is 455 g/mol.